The first-order valence-corrected chi connectivity index (χ1v) is 5.45. The largest absolute Gasteiger partial charge is 0.496 e. The van der Waals surface area contributed by atoms with Crippen LogP contribution in [0.1, 0.15) is 16.1 Å². The number of aromatic carboxylic acids is 1. The minimum absolute atomic E-state index is 0.152. The molecule has 0 fully saturated rings. The van der Waals surface area contributed by atoms with Crippen molar-refractivity contribution in [3.8, 4) is 16.9 Å². The monoisotopic (exact) mass is 246 g/mol. The van der Waals surface area contributed by atoms with E-state index in [2.05, 4.69) is 5.10 Å². The van der Waals surface area contributed by atoms with Crippen molar-refractivity contribution in [2.75, 3.05) is 7.11 Å². The van der Waals surface area contributed by atoms with E-state index >= 15 is 0 Å². The van der Waals surface area contributed by atoms with Crippen molar-refractivity contribution in [3.05, 3.63) is 35.7 Å². The van der Waals surface area contributed by atoms with Crippen molar-refractivity contribution in [2.45, 2.75) is 6.92 Å². The molecule has 2 rings (SSSR count). The van der Waals surface area contributed by atoms with Crippen LogP contribution in [0.15, 0.2) is 24.4 Å². The lowest BCUT2D eigenvalue weighted by atomic mass is 10.0. The number of hydrogen-bond acceptors (Lipinski definition) is 3. The van der Waals surface area contributed by atoms with Gasteiger partial charge in [0.2, 0.25) is 0 Å². The first-order valence-electron chi connectivity index (χ1n) is 5.45. The molecule has 0 aliphatic heterocycles. The average Bonchev–Trinajstić information content (AvgIpc) is 2.71. The third-order valence-electron chi connectivity index (χ3n) is 2.79. The van der Waals surface area contributed by atoms with Crippen LogP contribution in [-0.4, -0.2) is 28.0 Å². The van der Waals surface area contributed by atoms with E-state index in [9.17, 15) is 9.90 Å². The van der Waals surface area contributed by atoms with Gasteiger partial charge in [-0.2, -0.15) is 5.10 Å². The molecule has 94 valence electrons. The summed E-state index contributed by atoms with van der Waals surface area (Å²) in [5.74, 6) is -0.371. The number of nitrogens with zero attached hydrogens (tertiary/aromatic N) is 2. The Morgan fingerprint density at radius 3 is 2.72 bits per heavy atom. The topological polar surface area (TPSA) is 64.4 Å². The molecule has 0 spiro atoms. The van der Waals surface area contributed by atoms with Crippen molar-refractivity contribution in [1.29, 1.82) is 0 Å². The molecule has 0 aliphatic carbocycles. The standard InChI is InChI=1S/C13H14N2O3/c1-8-4-5-11(18-3)9(6-8)10-7-14-15(2)12(10)13(16)17/h4-7H,1-3H3,(H,16,17). The maximum atomic E-state index is 11.3. The molecule has 0 saturated heterocycles. The van der Waals surface area contributed by atoms with Crippen molar-refractivity contribution < 1.29 is 14.6 Å². The second-order valence-corrected chi connectivity index (χ2v) is 4.04. The summed E-state index contributed by atoms with van der Waals surface area (Å²) in [5.41, 5.74) is 2.48. The molecule has 18 heavy (non-hydrogen) atoms. The Kier molecular flexibility index (Phi) is 3.06. The summed E-state index contributed by atoms with van der Waals surface area (Å²) in [7, 11) is 3.17. The number of methoxy groups -OCH3 is 1. The lowest BCUT2D eigenvalue weighted by Crippen LogP contribution is -2.07. The summed E-state index contributed by atoms with van der Waals surface area (Å²) in [6.07, 6.45) is 1.54. The van der Waals surface area contributed by atoms with E-state index in [0.717, 1.165) is 11.1 Å². The van der Waals surface area contributed by atoms with Crippen LogP contribution in [0.2, 0.25) is 0 Å². The van der Waals surface area contributed by atoms with Crippen molar-refractivity contribution in [1.82, 2.24) is 9.78 Å². The van der Waals surface area contributed by atoms with Gasteiger partial charge in [0.25, 0.3) is 0 Å². The van der Waals surface area contributed by atoms with Crippen LogP contribution < -0.4 is 4.74 Å². The fourth-order valence-electron chi connectivity index (χ4n) is 1.92. The fraction of sp³-hybridized carbons (Fsp3) is 0.231. The number of carboxylic acid groups (broad SMARTS) is 1. The molecule has 0 amide bonds. The van der Waals surface area contributed by atoms with Gasteiger partial charge in [-0.15, -0.1) is 0 Å². The Bertz CT molecular complexity index is 602. The minimum Gasteiger partial charge on any atom is -0.496 e. The van der Waals surface area contributed by atoms with E-state index in [1.807, 2.05) is 25.1 Å². The van der Waals surface area contributed by atoms with E-state index in [0.29, 0.717) is 11.3 Å². The van der Waals surface area contributed by atoms with Gasteiger partial charge >= 0.3 is 5.97 Å². The molecule has 0 bridgehead atoms. The number of carbonyl (C=O) groups is 1. The van der Waals surface area contributed by atoms with E-state index in [4.69, 9.17) is 4.74 Å². The molecule has 0 atom stereocenters. The van der Waals surface area contributed by atoms with Crippen LogP contribution in [0.5, 0.6) is 5.75 Å². The maximum absolute atomic E-state index is 11.3. The van der Waals surface area contributed by atoms with Gasteiger partial charge in [-0.25, -0.2) is 4.79 Å². The number of rotatable bonds is 3. The number of aromatic nitrogens is 2. The van der Waals surface area contributed by atoms with Gasteiger partial charge in [0.15, 0.2) is 5.69 Å². The van der Waals surface area contributed by atoms with Crippen LogP contribution in [0, 0.1) is 6.92 Å². The number of carboxylic acids is 1. The smallest absolute Gasteiger partial charge is 0.354 e. The Hall–Kier alpha value is -2.30. The molecule has 2 aromatic rings. The second kappa shape index (κ2) is 4.52. The number of aryl methyl sites for hydroxylation is 2. The normalized spacial score (nSPS) is 10.4. The Balaban J connectivity index is 2.69. The highest BCUT2D eigenvalue weighted by atomic mass is 16.5. The molecular formula is C13H14N2O3. The zero-order chi connectivity index (χ0) is 13.3. The Morgan fingerprint density at radius 1 is 1.39 bits per heavy atom. The van der Waals surface area contributed by atoms with Crippen LogP contribution in [0.4, 0.5) is 0 Å². The number of ether oxygens (including phenoxy) is 1. The summed E-state index contributed by atoms with van der Waals surface area (Å²) in [4.78, 5) is 11.3. The number of hydrogen-bond donors (Lipinski definition) is 1. The quantitative estimate of drug-likeness (QED) is 0.900. The highest BCUT2D eigenvalue weighted by Crippen LogP contribution is 2.32. The third kappa shape index (κ3) is 1.95. The van der Waals surface area contributed by atoms with Crippen LogP contribution in [0.25, 0.3) is 11.1 Å². The van der Waals surface area contributed by atoms with E-state index in [-0.39, 0.29) is 5.69 Å². The van der Waals surface area contributed by atoms with Gasteiger partial charge < -0.3 is 9.84 Å². The molecule has 0 aliphatic rings. The van der Waals surface area contributed by atoms with Crippen molar-refractivity contribution >= 4 is 5.97 Å². The highest BCUT2D eigenvalue weighted by molar-refractivity contribution is 5.95. The van der Waals surface area contributed by atoms with Crippen molar-refractivity contribution in [2.24, 2.45) is 7.05 Å². The minimum atomic E-state index is -1.01. The first kappa shape index (κ1) is 12.2. The lowest BCUT2D eigenvalue weighted by molar-refractivity contribution is 0.0686. The van der Waals surface area contributed by atoms with Gasteiger partial charge in [-0.05, 0) is 19.1 Å². The third-order valence-corrected chi connectivity index (χ3v) is 2.79. The number of benzene rings is 1. The SMILES string of the molecule is COc1ccc(C)cc1-c1cnn(C)c1C(=O)O. The predicted octanol–water partition coefficient (Wildman–Crippen LogP) is 2.10. The van der Waals surface area contributed by atoms with E-state index in [1.54, 1.807) is 20.4 Å². The van der Waals surface area contributed by atoms with E-state index < -0.39 is 5.97 Å². The molecule has 0 unspecified atom stereocenters. The molecule has 1 aromatic heterocycles. The van der Waals surface area contributed by atoms with Crippen LogP contribution in [-0.2, 0) is 7.05 Å². The summed E-state index contributed by atoms with van der Waals surface area (Å²) in [6, 6.07) is 5.63. The van der Waals surface area contributed by atoms with Crippen molar-refractivity contribution in [3.63, 3.8) is 0 Å². The summed E-state index contributed by atoms with van der Waals surface area (Å²) >= 11 is 0. The summed E-state index contributed by atoms with van der Waals surface area (Å²) in [5, 5.41) is 13.2. The fourth-order valence-corrected chi connectivity index (χ4v) is 1.92. The van der Waals surface area contributed by atoms with Gasteiger partial charge in [0, 0.05) is 18.2 Å². The Labute approximate surface area is 105 Å². The molecule has 5 heteroatoms. The molecule has 0 saturated carbocycles. The summed E-state index contributed by atoms with van der Waals surface area (Å²) < 4.78 is 6.62. The molecule has 0 radical (unpaired) electrons. The molecular weight excluding hydrogens is 232 g/mol. The maximum Gasteiger partial charge on any atom is 0.354 e. The van der Waals surface area contributed by atoms with Crippen LogP contribution >= 0.6 is 0 Å². The molecule has 1 heterocycles. The highest BCUT2D eigenvalue weighted by Gasteiger charge is 2.19. The van der Waals surface area contributed by atoms with Gasteiger partial charge in [-0.1, -0.05) is 11.6 Å². The molecule has 5 nitrogen and oxygen atoms in total. The zero-order valence-electron chi connectivity index (χ0n) is 10.5. The average molecular weight is 246 g/mol. The molecule has 1 aromatic carbocycles. The van der Waals surface area contributed by atoms with E-state index in [1.165, 1.54) is 4.68 Å². The van der Waals surface area contributed by atoms with Gasteiger partial charge in [0.1, 0.15) is 5.75 Å². The lowest BCUT2D eigenvalue weighted by Gasteiger charge is -2.09. The Morgan fingerprint density at radius 2 is 2.11 bits per heavy atom. The van der Waals surface area contributed by atoms with Gasteiger partial charge in [0.05, 0.1) is 13.3 Å². The zero-order valence-corrected chi connectivity index (χ0v) is 10.5. The van der Waals surface area contributed by atoms with Crippen LogP contribution in [0.3, 0.4) is 0 Å². The van der Waals surface area contributed by atoms with Gasteiger partial charge in [-0.3, -0.25) is 4.68 Å². The second-order valence-electron chi connectivity index (χ2n) is 4.04. The molecule has 1 N–H and O–H groups in total. The predicted molar refractivity (Wildman–Crippen MR) is 66.9 cm³/mol. The first-order chi connectivity index (χ1) is 8.54. The summed E-state index contributed by atoms with van der Waals surface area (Å²) in [6.45, 7) is 1.94.